The van der Waals surface area contributed by atoms with E-state index in [9.17, 15) is 9.18 Å². The molecular formula is C34H29FN2O3S. The highest BCUT2D eigenvalue weighted by atomic mass is 32.2. The molecule has 1 amide bonds. The molecule has 0 atom stereocenters. The Morgan fingerprint density at radius 2 is 1.63 bits per heavy atom. The second-order valence-electron chi connectivity index (χ2n) is 9.13. The largest absolute Gasteiger partial charge is 0.490 e. The van der Waals surface area contributed by atoms with Crippen molar-refractivity contribution in [2.24, 2.45) is 4.99 Å². The molecule has 0 radical (unpaired) electrons. The number of nitrogens with zero attached hydrogens (tertiary/aromatic N) is 2. The summed E-state index contributed by atoms with van der Waals surface area (Å²) in [7, 11) is 0. The molecule has 0 saturated carbocycles. The summed E-state index contributed by atoms with van der Waals surface area (Å²) in [5, 5.41) is 0.569. The molecule has 4 aromatic rings. The minimum Gasteiger partial charge on any atom is -0.490 e. The first-order valence-corrected chi connectivity index (χ1v) is 14.1. The Morgan fingerprint density at radius 3 is 2.34 bits per heavy atom. The molecule has 1 fully saturated rings. The second kappa shape index (κ2) is 13.2. The molecule has 0 bridgehead atoms. The number of hydrogen-bond acceptors (Lipinski definition) is 5. The lowest BCUT2D eigenvalue weighted by atomic mass is 10.0. The molecule has 0 N–H and O–H groups in total. The van der Waals surface area contributed by atoms with Gasteiger partial charge in [-0.15, -0.1) is 6.58 Å². The normalized spacial score (nSPS) is 15.0. The predicted octanol–water partition coefficient (Wildman–Crippen LogP) is 8.34. The number of ether oxygens (including phenoxy) is 2. The van der Waals surface area contributed by atoms with E-state index in [1.54, 1.807) is 29.2 Å². The van der Waals surface area contributed by atoms with Crippen LogP contribution in [0.4, 0.5) is 15.8 Å². The van der Waals surface area contributed by atoms with Crippen LogP contribution in [0.15, 0.2) is 120 Å². The standard InChI is InChI=1S/C34H29FN2O3S/c1-3-13-25-20-24(21-30(39-4-2)32(25)40-23-26-14-11-12-19-29(26)35)22-31-33(38)37(28-17-9-6-10-18-28)34(41-31)36-27-15-7-5-8-16-27/h3,5-12,14-22H,1,4,13,23H2,2H3/b31-22+,36-34?. The first-order chi connectivity index (χ1) is 20.1. The van der Waals surface area contributed by atoms with Crippen LogP contribution >= 0.6 is 11.8 Å². The van der Waals surface area contributed by atoms with Gasteiger partial charge in [0.15, 0.2) is 16.7 Å². The molecule has 1 aliphatic rings. The smallest absolute Gasteiger partial charge is 0.271 e. The number of amides is 1. The van der Waals surface area contributed by atoms with E-state index in [-0.39, 0.29) is 18.3 Å². The Balaban J connectivity index is 1.52. The van der Waals surface area contributed by atoms with Gasteiger partial charge >= 0.3 is 0 Å². The zero-order valence-electron chi connectivity index (χ0n) is 22.6. The van der Waals surface area contributed by atoms with Gasteiger partial charge < -0.3 is 9.47 Å². The van der Waals surface area contributed by atoms with Gasteiger partial charge in [0.2, 0.25) is 0 Å². The molecule has 1 saturated heterocycles. The van der Waals surface area contributed by atoms with Gasteiger partial charge in [-0.3, -0.25) is 9.69 Å². The Bertz CT molecular complexity index is 1600. The Hall–Kier alpha value is -4.62. The number of thioether (sulfide) groups is 1. The molecule has 4 aromatic carbocycles. The average Bonchev–Trinajstić information content (AvgIpc) is 3.28. The highest BCUT2D eigenvalue weighted by Gasteiger charge is 2.34. The Morgan fingerprint density at radius 1 is 0.927 bits per heavy atom. The number of aliphatic imine (C=N–C) groups is 1. The SMILES string of the molecule is C=CCc1cc(/C=C2/SC(=Nc3ccccc3)N(c3ccccc3)C2=O)cc(OCC)c1OCc1ccccc1F. The Labute approximate surface area is 243 Å². The quantitative estimate of drug-likeness (QED) is 0.144. The molecule has 0 aromatic heterocycles. The first-order valence-electron chi connectivity index (χ1n) is 13.3. The molecule has 1 aliphatic heterocycles. The van der Waals surface area contributed by atoms with Crippen LogP contribution in [0.5, 0.6) is 11.5 Å². The van der Waals surface area contributed by atoms with Crippen LogP contribution in [0, 0.1) is 5.82 Å². The van der Waals surface area contributed by atoms with Crippen LogP contribution in [0.3, 0.4) is 0 Å². The summed E-state index contributed by atoms with van der Waals surface area (Å²) >= 11 is 1.32. The topological polar surface area (TPSA) is 51.1 Å². The van der Waals surface area contributed by atoms with Gasteiger partial charge in [0.1, 0.15) is 12.4 Å². The van der Waals surface area contributed by atoms with Gasteiger partial charge in [0, 0.05) is 11.1 Å². The number of hydrogen-bond donors (Lipinski definition) is 0. The maximum absolute atomic E-state index is 14.3. The average molecular weight is 565 g/mol. The number of benzene rings is 4. The molecule has 5 nitrogen and oxygen atoms in total. The van der Waals surface area contributed by atoms with Crippen molar-refractivity contribution in [3.63, 3.8) is 0 Å². The van der Waals surface area contributed by atoms with Crippen molar-refractivity contribution in [1.29, 1.82) is 0 Å². The summed E-state index contributed by atoms with van der Waals surface area (Å²) in [5.41, 5.74) is 3.54. The van der Waals surface area contributed by atoms with Crippen molar-refractivity contribution >= 4 is 40.3 Å². The highest BCUT2D eigenvalue weighted by Crippen LogP contribution is 2.40. The zero-order valence-corrected chi connectivity index (χ0v) is 23.4. The lowest BCUT2D eigenvalue weighted by Crippen LogP contribution is -2.28. The van der Waals surface area contributed by atoms with Crippen molar-refractivity contribution in [2.75, 3.05) is 11.5 Å². The van der Waals surface area contributed by atoms with Crippen molar-refractivity contribution in [2.45, 2.75) is 20.0 Å². The maximum Gasteiger partial charge on any atom is 0.271 e. The van der Waals surface area contributed by atoms with Crippen molar-refractivity contribution in [1.82, 2.24) is 0 Å². The monoisotopic (exact) mass is 564 g/mol. The van der Waals surface area contributed by atoms with Crippen LogP contribution in [0.2, 0.25) is 0 Å². The summed E-state index contributed by atoms with van der Waals surface area (Å²) in [6.07, 6.45) is 4.11. The van der Waals surface area contributed by atoms with Crippen LogP contribution in [-0.2, 0) is 17.8 Å². The fraction of sp³-hybridized carbons (Fsp3) is 0.118. The van der Waals surface area contributed by atoms with Crippen molar-refractivity contribution in [3.05, 3.63) is 137 Å². The maximum atomic E-state index is 14.3. The fourth-order valence-corrected chi connectivity index (χ4v) is 5.38. The van der Waals surface area contributed by atoms with E-state index in [1.165, 1.54) is 17.8 Å². The Kier molecular flexibility index (Phi) is 8.96. The van der Waals surface area contributed by atoms with E-state index in [1.807, 2.05) is 85.8 Å². The summed E-state index contributed by atoms with van der Waals surface area (Å²) < 4.78 is 26.3. The predicted molar refractivity (Wildman–Crippen MR) is 165 cm³/mol. The summed E-state index contributed by atoms with van der Waals surface area (Å²) in [4.78, 5) is 20.7. The summed E-state index contributed by atoms with van der Waals surface area (Å²) in [6.45, 7) is 6.24. The lowest BCUT2D eigenvalue weighted by molar-refractivity contribution is -0.113. The van der Waals surface area contributed by atoms with Gasteiger partial charge in [-0.25, -0.2) is 9.38 Å². The molecule has 0 aliphatic carbocycles. The zero-order chi connectivity index (χ0) is 28.6. The van der Waals surface area contributed by atoms with Gasteiger partial charge in [-0.1, -0.05) is 60.7 Å². The molecule has 206 valence electrons. The van der Waals surface area contributed by atoms with E-state index in [4.69, 9.17) is 14.5 Å². The van der Waals surface area contributed by atoms with Gasteiger partial charge in [0.25, 0.3) is 5.91 Å². The molecule has 0 spiro atoms. The van der Waals surface area contributed by atoms with E-state index in [2.05, 4.69) is 6.58 Å². The number of rotatable bonds is 10. The third kappa shape index (κ3) is 6.58. The molecule has 1 heterocycles. The van der Waals surface area contributed by atoms with Crippen molar-refractivity contribution < 1.29 is 18.7 Å². The van der Waals surface area contributed by atoms with Crippen LogP contribution < -0.4 is 14.4 Å². The molecule has 41 heavy (non-hydrogen) atoms. The minimum absolute atomic E-state index is 0.0526. The van der Waals surface area contributed by atoms with Gasteiger partial charge in [-0.2, -0.15) is 0 Å². The van der Waals surface area contributed by atoms with E-state index < -0.39 is 0 Å². The molecule has 7 heteroatoms. The molecular weight excluding hydrogens is 535 g/mol. The van der Waals surface area contributed by atoms with Crippen molar-refractivity contribution in [3.8, 4) is 11.5 Å². The van der Waals surface area contributed by atoms with Crippen LogP contribution in [0.1, 0.15) is 23.6 Å². The number of carbonyl (C=O) groups is 1. The lowest BCUT2D eigenvalue weighted by Gasteiger charge is -2.17. The number of carbonyl (C=O) groups excluding carboxylic acids is 1. The third-order valence-electron chi connectivity index (χ3n) is 6.25. The summed E-state index contributed by atoms with van der Waals surface area (Å²) in [5.74, 6) is 0.548. The van der Waals surface area contributed by atoms with Crippen LogP contribution in [-0.4, -0.2) is 17.7 Å². The van der Waals surface area contributed by atoms with Gasteiger partial charge in [-0.05, 0) is 79.2 Å². The summed E-state index contributed by atoms with van der Waals surface area (Å²) in [6, 6.07) is 29.3. The highest BCUT2D eigenvalue weighted by molar-refractivity contribution is 8.19. The van der Waals surface area contributed by atoms with Gasteiger partial charge in [0.05, 0.1) is 22.9 Å². The number of amidine groups is 1. The van der Waals surface area contributed by atoms with E-state index in [0.29, 0.717) is 40.2 Å². The second-order valence-corrected chi connectivity index (χ2v) is 10.1. The first kappa shape index (κ1) is 27.9. The fourth-order valence-electron chi connectivity index (χ4n) is 4.38. The number of para-hydroxylation sites is 2. The molecule has 0 unspecified atom stereocenters. The van der Waals surface area contributed by atoms with E-state index >= 15 is 0 Å². The number of halogens is 1. The molecule has 5 rings (SSSR count). The van der Waals surface area contributed by atoms with E-state index in [0.717, 1.165) is 22.5 Å². The minimum atomic E-state index is -0.329. The number of allylic oxidation sites excluding steroid dienone is 1. The third-order valence-corrected chi connectivity index (χ3v) is 7.22. The number of anilines is 1. The van der Waals surface area contributed by atoms with Crippen LogP contribution in [0.25, 0.3) is 6.08 Å².